The number of rotatable bonds is 6. The number of benzene rings is 2. The van der Waals surface area contributed by atoms with E-state index < -0.39 is 12.3 Å². The van der Waals surface area contributed by atoms with Crippen LogP contribution in [0.3, 0.4) is 0 Å². The summed E-state index contributed by atoms with van der Waals surface area (Å²) < 4.78 is 17.3. The van der Waals surface area contributed by atoms with E-state index in [4.69, 9.17) is 5.11 Å². The number of nitrogens with one attached hydrogen (secondary N) is 1. The number of ketones is 1. The molecule has 1 aliphatic carbocycles. The van der Waals surface area contributed by atoms with Gasteiger partial charge in [0.2, 0.25) is 5.95 Å². The minimum Gasteiger partial charge on any atom is -0.388 e. The fraction of sp³-hybridized carbons (Fsp3) is 0.364. The first-order chi connectivity index (χ1) is 13.6. The summed E-state index contributed by atoms with van der Waals surface area (Å²) >= 11 is 0. The number of aromatic nitrogens is 2. The highest BCUT2D eigenvalue weighted by Crippen LogP contribution is 2.35. The van der Waals surface area contributed by atoms with Gasteiger partial charge in [-0.2, -0.15) is 0 Å². The largest absolute Gasteiger partial charge is 0.388 e. The molecule has 6 heteroatoms. The Balaban J connectivity index is 1.65. The van der Waals surface area contributed by atoms with E-state index >= 15 is 4.39 Å². The molecule has 1 aliphatic rings. The molecule has 2 N–H and O–H groups in total. The lowest BCUT2D eigenvalue weighted by Crippen LogP contribution is -2.32. The molecular formula is C22H24FN3O2. The van der Waals surface area contributed by atoms with Gasteiger partial charge in [-0.15, -0.1) is 0 Å². The first kappa shape index (κ1) is 18.6. The van der Waals surface area contributed by atoms with E-state index in [1.165, 1.54) is 0 Å². The van der Waals surface area contributed by atoms with Gasteiger partial charge in [-0.3, -0.25) is 4.79 Å². The van der Waals surface area contributed by atoms with E-state index in [2.05, 4.69) is 10.3 Å². The van der Waals surface area contributed by atoms with Crippen LogP contribution < -0.4 is 5.32 Å². The average molecular weight is 381 g/mol. The summed E-state index contributed by atoms with van der Waals surface area (Å²) in [5.41, 5.74) is 1.71. The zero-order valence-electron chi connectivity index (χ0n) is 15.7. The molecule has 0 bridgehead atoms. The Morgan fingerprint density at radius 2 is 1.82 bits per heavy atom. The number of carbonyl (C=O) groups is 1. The van der Waals surface area contributed by atoms with Crippen molar-refractivity contribution in [2.24, 2.45) is 0 Å². The van der Waals surface area contributed by atoms with Crippen LogP contribution in [0.4, 0.5) is 16.0 Å². The lowest BCUT2D eigenvalue weighted by atomic mass is 9.86. The van der Waals surface area contributed by atoms with Gasteiger partial charge in [-0.1, -0.05) is 31.4 Å². The van der Waals surface area contributed by atoms with E-state index in [0.29, 0.717) is 24.4 Å². The summed E-state index contributed by atoms with van der Waals surface area (Å²) in [6, 6.07) is 14.6. The third kappa shape index (κ3) is 3.78. The molecule has 0 atom stereocenters. The number of imidazole rings is 1. The molecule has 0 radical (unpaired) electrons. The highest BCUT2D eigenvalue weighted by atomic mass is 19.1. The van der Waals surface area contributed by atoms with Gasteiger partial charge < -0.3 is 15.0 Å². The number of hydrogen-bond acceptors (Lipinski definition) is 4. The van der Waals surface area contributed by atoms with Crippen LogP contribution in [0.2, 0.25) is 0 Å². The summed E-state index contributed by atoms with van der Waals surface area (Å²) in [6.45, 7) is -0.238. The number of hydrogen-bond donors (Lipinski definition) is 2. The van der Waals surface area contributed by atoms with Gasteiger partial charge in [0, 0.05) is 11.3 Å². The molecule has 1 fully saturated rings. The number of Topliss-reactive ketones (excluding diaryl/α,β-unsaturated/α-hetero) is 1. The highest BCUT2D eigenvalue weighted by molar-refractivity contribution is 5.97. The van der Waals surface area contributed by atoms with Gasteiger partial charge in [0.1, 0.15) is 12.3 Å². The molecule has 1 saturated carbocycles. The number of alkyl halides is 1. The number of anilines is 2. The Hall–Kier alpha value is -2.73. The number of para-hydroxylation sites is 2. The van der Waals surface area contributed by atoms with Crippen molar-refractivity contribution in [2.75, 3.05) is 11.9 Å². The van der Waals surface area contributed by atoms with Crippen molar-refractivity contribution >= 4 is 28.5 Å². The zero-order valence-corrected chi connectivity index (χ0v) is 15.7. The number of aliphatic hydroxyl groups excluding tert-OH is 1. The number of aliphatic hydroxyl groups is 1. The van der Waals surface area contributed by atoms with E-state index in [1.54, 1.807) is 24.3 Å². The third-order valence-electron chi connectivity index (χ3n) is 5.45. The molecule has 0 aliphatic heterocycles. The Labute approximate surface area is 163 Å². The van der Waals surface area contributed by atoms with Gasteiger partial charge in [-0.25, -0.2) is 9.37 Å². The summed E-state index contributed by atoms with van der Waals surface area (Å²) in [5, 5.41) is 12.2. The molecule has 2 aromatic carbocycles. The fourth-order valence-electron chi connectivity index (χ4n) is 3.92. The number of halogens is 1. The molecule has 0 saturated heterocycles. The molecule has 1 heterocycles. The van der Waals surface area contributed by atoms with E-state index in [1.807, 2.05) is 28.8 Å². The molecule has 3 aromatic rings. The van der Waals surface area contributed by atoms with Crippen molar-refractivity contribution < 1.29 is 14.3 Å². The first-order valence-corrected chi connectivity index (χ1v) is 9.73. The topological polar surface area (TPSA) is 67.2 Å². The summed E-state index contributed by atoms with van der Waals surface area (Å²) in [6.07, 6.45) is 4.10. The Bertz CT molecular complexity index is 975. The third-order valence-corrected chi connectivity index (χ3v) is 5.45. The van der Waals surface area contributed by atoms with Gasteiger partial charge in [0.15, 0.2) is 5.78 Å². The van der Waals surface area contributed by atoms with Gasteiger partial charge in [0.05, 0.1) is 17.6 Å². The van der Waals surface area contributed by atoms with Crippen LogP contribution in [-0.2, 0) is 6.54 Å². The first-order valence-electron chi connectivity index (χ1n) is 9.73. The van der Waals surface area contributed by atoms with E-state index in [9.17, 15) is 4.79 Å². The Morgan fingerprint density at radius 3 is 2.54 bits per heavy atom. The Kier molecular flexibility index (Phi) is 5.13. The molecule has 1 aromatic heterocycles. The molecule has 146 valence electrons. The van der Waals surface area contributed by atoms with Gasteiger partial charge in [-0.05, 0) is 49.2 Å². The molecule has 0 unspecified atom stereocenters. The van der Waals surface area contributed by atoms with Crippen LogP contribution in [0.25, 0.3) is 11.0 Å². The summed E-state index contributed by atoms with van der Waals surface area (Å²) in [5.74, 6) is 0.264. The monoisotopic (exact) mass is 381 g/mol. The minimum atomic E-state index is -1.21. The standard InChI is InChI=1S/C22H24FN3O2/c23-22(12-4-1-5-13-22)15-26-19-7-3-2-6-18(19)25-21(26)24-17-10-8-16(9-11-17)20(28)14-27/h2-3,6-11,27H,1,4-5,12-15H2,(H,24,25). The maximum absolute atomic E-state index is 15.4. The van der Waals surface area contributed by atoms with Crippen molar-refractivity contribution in [3.8, 4) is 0 Å². The smallest absolute Gasteiger partial charge is 0.208 e. The van der Waals surface area contributed by atoms with Crippen molar-refractivity contribution in [3.05, 3.63) is 54.1 Å². The second-order valence-corrected chi connectivity index (χ2v) is 7.51. The van der Waals surface area contributed by atoms with Crippen LogP contribution in [-0.4, -0.2) is 32.7 Å². The van der Waals surface area contributed by atoms with Crippen LogP contribution in [0.15, 0.2) is 48.5 Å². The maximum Gasteiger partial charge on any atom is 0.208 e. The second kappa shape index (κ2) is 7.72. The molecular weight excluding hydrogens is 357 g/mol. The summed E-state index contributed by atoms with van der Waals surface area (Å²) in [4.78, 5) is 16.2. The van der Waals surface area contributed by atoms with Gasteiger partial charge in [0.25, 0.3) is 0 Å². The highest BCUT2D eigenvalue weighted by Gasteiger charge is 2.33. The van der Waals surface area contributed by atoms with Crippen molar-refractivity contribution in [3.63, 3.8) is 0 Å². The molecule has 0 amide bonds. The SMILES string of the molecule is O=C(CO)c1ccc(Nc2nc3ccccc3n2CC2(F)CCCCC2)cc1. The summed E-state index contributed by atoms with van der Waals surface area (Å²) in [7, 11) is 0. The predicted molar refractivity (Wildman–Crippen MR) is 108 cm³/mol. The van der Waals surface area contributed by atoms with E-state index in [0.717, 1.165) is 36.0 Å². The van der Waals surface area contributed by atoms with Crippen LogP contribution >= 0.6 is 0 Å². The lowest BCUT2D eigenvalue weighted by Gasteiger charge is -2.30. The number of nitrogens with zero attached hydrogens (tertiary/aromatic N) is 2. The normalized spacial score (nSPS) is 16.2. The van der Waals surface area contributed by atoms with E-state index in [-0.39, 0.29) is 12.3 Å². The lowest BCUT2D eigenvalue weighted by molar-refractivity contribution is 0.0877. The average Bonchev–Trinajstić information content (AvgIpc) is 3.05. The quantitative estimate of drug-likeness (QED) is 0.611. The van der Waals surface area contributed by atoms with Crippen LogP contribution in [0.1, 0.15) is 42.5 Å². The number of carbonyl (C=O) groups excluding carboxylic acids is 1. The van der Waals surface area contributed by atoms with Crippen molar-refractivity contribution in [2.45, 2.75) is 44.3 Å². The fourth-order valence-corrected chi connectivity index (χ4v) is 3.92. The molecule has 0 spiro atoms. The van der Waals surface area contributed by atoms with Crippen LogP contribution in [0.5, 0.6) is 0 Å². The van der Waals surface area contributed by atoms with Crippen LogP contribution in [0, 0.1) is 0 Å². The Morgan fingerprint density at radius 1 is 1.11 bits per heavy atom. The number of fused-ring (bicyclic) bond motifs is 1. The predicted octanol–water partition coefficient (Wildman–Crippen LogP) is 4.63. The maximum atomic E-state index is 15.4. The molecule has 5 nitrogen and oxygen atoms in total. The van der Waals surface area contributed by atoms with Crippen molar-refractivity contribution in [1.29, 1.82) is 0 Å². The molecule has 28 heavy (non-hydrogen) atoms. The molecule has 4 rings (SSSR count). The second-order valence-electron chi connectivity index (χ2n) is 7.51. The van der Waals surface area contributed by atoms with Gasteiger partial charge >= 0.3 is 0 Å². The minimum absolute atomic E-state index is 0.275. The van der Waals surface area contributed by atoms with Crippen molar-refractivity contribution in [1.82, 2.24) is 9.55 Å². The zero-order chi connectivity index (χ0) is 19.6.